The molecule has 0 unspecified atom stereocenters. The van der Waals surface area contributed by atoms with Crippen molar-refractivity contribution in [2.75, 3.05) is 12.5 Å². The maximum atomic E-state index is 13.1. The van der Waals surface area contributed by atoms with Gasteiger partial charge in [0.25, 0.3) is 0 Å². The molecule has 0 aliphatic heterocycles. The van der Waals surface area contributed by atoms with Crippen LogP contribution in [-0.4, -0.2) is 23.8 Å². The van der Waals surface area contributed by atoms with Crippen LogP contribution in [0.25, 0.3) is 0 Å². The number of nitrogens with one attached hydrogen (secondary N) is 1. The molecule has 1 aromatic rings. The second-order valence-electron chi connectivity index (χ2n) is 5.34. The first kappa shape index (κ1) is 17.1. The Morgan fingerprint density at radius 1 is 1.24 bits per heavy atom. The molecule has 0 aromatic heterocycles. The van der Waals surface area contributed by atoms with Crippen LogP contribution in [0.15, 0.2) is 18.2 Å². The number of halogens is 4. The first-order valence-electron chi connectivity index (χ1n) is 6.00. The van der Waals surface area contributed by atoms with E-state index in [-0.39, 0.29) is 0 Å². The van der Waals surface area contributed by atoms with E-state index in [1.54, 1.807) is 20.8 Å². The number of ether oxygens (including phenoxy) is 1. The lowest BCUT2D eigenvalue weighted by Gasteiger charge is -2.26. The molecule has 0 saturated heterocycles. The molecular weight excluding hydrogens is 292 g/mol. The largest absolute Gasteiger partial charge is 0.442 e. The number of hydrogen-bond donors (Lipinski definition) is 1. The zero-order valence-electron chi connectivity index (χ0n) is 12.0. The van der Waals surface area contributed by atoms with Crippen molar-refractivity contribution in [3.63, 3.8) is 0 Å². The summed E-state index contributed by atoms with van der Waals surface area (Å²) >= 11 is 0. The van der Waals surface area contributed by atoms with E-state index < -0.39 is 34.9 Å². The maximum absolute atomic E-state index is 13.1. The predicted molar refractivity (Wildman–Crippen MR) is 69.0 cm³/mol. The van der Waals surface area contributed by atoms with Crippen molar-refractivity contribution in [1.82, 2.24) is 5.01 Å². The minimum atomic E-state index is -4.68. The molecule has 1 amide bonds. The molecule has 0 saturated carbocycles. The summed E-state index contributed by atoms with van der Waals surface area (Å²) in [5.74, 6) is -0.858. The van der Waals surface area contributed by atoms with Crippen LogP contribution in [0.5, 0.6) is 0 Å². The van der Waals surface area contributed by atoms with Crippen LogP contribution in [0, 0.1) is 5.82 Å². The summed E-state index contributed by atoms with van der Waals surface area (Å²) in [6, 6.07) is 1.95. The third-order valence-corrected chi connectivity index (χ3v) is 2.24. The van der Waals surface area contributed by atoms with Gasteiger partial charge in [-0.05, 0) is 39.0 Å². The van der Waals surface area contributed by atoms with Gasteiger partial charge in [0, 0.05) is 7.05 Å². The third kappa shape index (κ3) is 5.13. The van der Waals surface area contributed by atoms with Crippen LogP contribution in [0.2, 0.25) is 0 Å². The van der Waals surface area contributed by atoms with Gasteiger partial charge in [-0.15, -0.1) is 0 Å². The Hall–Kier alpha value is -1.99. The lowest BCUT2D eigenvalue weighted by atomic mass is 10.1. The Labute approximate surface area is 119 Å². The highest BCUT2D eigenvalue weighted by Gasteiger charge is 2.34. The van der Waals surface area contributed by atoms with E-state index in [4.69, 9.17) is 4.74 Å². The average Bonchev–Trinajstić information content (AvgIpc) is 2.24. The van der Waals surface area contributed by atoms with Crippen molar-refractivity contribution in [2.45, 2.75) is 32.5 Å². The van der Waals surface area contributed by atoms with E-state index in [0.717, 1.165) is 5.01 Å². The molecule has 0 aliphatic carbocycles. The van der Waals surface area contributed by atoms with Crippen molar-refractivity contribution >= 4 is 11.8 Å². The van der Waals surface area contributed by atoms with Crippen LogP contribution >= 0.6 is 0 Å². The zero-order chi connectivity index (χ0) is 16.4. The molecule has 0 atom stereocenters. The van der Waals surface area contributed by atoms with Gasteiger partial charge >= 0.3 is 12.3 Å². The number of anilines is 1. The number of nitrogens with zero attached hydrogens (tertiary/aromatic N) is 1. The monoisotopic (exact) mass is 308 g/mol. The van der Waals surface area contributed by atoms with Gasteiger partial charge in [0.05, 0.1) is 11.3 Å². The minimum Gasteiger partial charge on any atom is -0.442 e. The molecule has 21 heavy (non-hydrogen) atoms. The number of rotatable bonds is 2. The molecule has 0 fully saturated rings. The normalized spacial score (nSPS) is 12.0. The summed E-state index contributed by atoms with van der Waals surface area (Å²) in [4.78, 5) is 11.7. The van der Waals surface area contributed by atoms with Crippen LogP contribution in [0.3, 0.4) is 0 Å². The summed E-state index contributed by atoms with van der Waals surface area (Å²) in [6.45, 7) is 4.84. The molecule has 0 spiro atoms. The maximum Gasteiger partial charge on any atom is 0.428 e. The Bertz CT molecular complexity index is 524. The highest BCUT2D eigenvalue weighted by molar-refractivity contribution is 5.70. The average molecular weight is 308 g/mol. The molecule has 0 radical (unpaired) electrons. The summed E-state index contributed by atoms with van der Waals surface area (Å²) in [5.41, 5.74) is -0.282. The number of carbonyl (C=O) groups is 1. The fourth-order valence-corrected chi connectivity index (χ4v) is 1.41. The van der Waals surface area contributed by atoms with Gasteiger partial charge in [0.1, 0.15) is 11.4 Å². The first-order chi connectivity index (χ1) is 9.40. The van der Waals surface area contributed by atoms with E-state index in [1.807, 2.05) is 0 Å². The molecule has 8 heteroatoms. The molecule has 1 aromatic carbocycles. The molecule has 1 rings (SSSR count). The van der Waals surface area contributed by atoms with Gasteiger partial charge in [-0.3, -0.25) is 5.43 Å². The Balaban J connectivity index is 2.97. The fraction of sp³-hybridized carbons (Fsp3) is 0.462. The van der Waals surface area contributed by atoms with Crippen molar-refractivity contribution < 1.29 is 27.1 Å². The van der Waals surface area contributed by atoms with Crippen LogP contribution in [0.1, 0.15) is 26.3 Å². The standard InChI is InChI=1S/C13H16F4N2O2/c1-12(2,3)21-11(20)19(4)18-10-7-8(14)5-6-9(10)13(15,16)17/h5-7,18H,1-4H3. The van der Waals surface area contributed by atoms with Gasteiger partial charge in [-0.2, -0.15) is 13.2 Å². The van der Waals surface area contributed by atoms with Gasteiger partial charge in [-0.25, -0.2) is 14.2 Å². The second-order valence-corrected chi connectivity index (χ2v) is 5.34. The molecule has 0 bridgehead atoms. The number of hydrazine groups is 1. The van der Waals surface area contributed by atoms with Gasteiger partial charge in [-0.1, -0.05) is 0 Å². The molecule has 4 nitrogen and oxygen atoms in total. The summed E-state index contributed by atoms with van der Waals surface area (Å²) < 4.78 is 56.5. The van der Waals surface area contributed by atoms with E-state index in [2.05, 4.69) is 5.43 Å². The van der Waals surface area contributed by atoms with Gasteiger partial charge < -0.3 is 4.74 Å². The number of benzene rings is 1. The lowest BCUT2D eigenvalue weighted by molar-refractivity contribution is -0.137. The Morgan fingerprint density at radius 3 is 2.29 bits per heavy atom. The number of hydrogen-bond acceptors (Lipinski definition) is 3. The summed E-state index contributed by atoms with van der Waals surface area (Å²) in [7, 11) is 1.18. The van der Waals surface area contributed by atoms with Crippen molar-refractivity contribution in [1.29, 1.82) is 0 Å². The van der Waals surface area contributed by atoms with E-state index in [9.17, 15) is 22.4 Å². The number of alkyl halides is 3. The third-order valence-electron chi connectivity index (χ3n) is 2.24. The summed E-state index contributed by atoms with van der Waals surface area (Å²) in [6.07, 6.45) is -5.56. The molecular formula is C13H16F4N2O2. The quantitative estimate of drug-likeness (QED) is 0.662. The van der Waals surface area contributed by atoms with Crippen molar-refractivity contribution in [2.24, 2.45) is 0 Å². The highest BCUT2D eigenvalue weighted by Crippen LogP contribution is 2.35. The van der Waals surface area contributed by atoms with Crippen LogP contribution in [0.4, 0.5) is 28.0 Å². The number of amides is 1. The fourth-order valence-electron chi connectivity index (χ4n) is 1.41. The highest BCUT2D eigenvalue weighted by atomic mass is 19.4. The van der Waals surface area contributed by atoms with E-state index >= 15 is 0 Å². The van der Waals surface area contributed by atoms with Gasteiger partial charge in [0.15, 0.2) is 0 Å². The van der Waals surface area contributed by atoms with Crippen LogP contribution < -0.4 is 5.43 Å². The Morgan fingerprint density at radius 2 is 1.81 bits per heavy atom. The molecule has 0 heterocycles. The van der Waals surface area contributed by atoms with E-state index in [1.165, 1.54) is 7.05 Å². The minimum absolute atomic E-state index is 0.573. The molecule has 0 aliphatic rings. The smallest absolute Gasteiger partial charge is 0.428 e. The van der Waals surface area contributed by atoms with Crippen molar-refractivity contribution in [3.8, 4) is 0 Å². The van der Waals surface area contributed by atoms with Gasteiger partial charge in [0.2, 0.25) is 0 Å². The SMILES string of the molecule is CN(Nc1cc(F)ccc1C(F)(F)F)C(=O)OC(C)(C)C. The first-order valence-corrected chi connectivity index (χ1v) is 6.00. The lowest BCUT2D eigenvalue weighted by Crippen LogP contribution is -2.38. The molecule has 118 valence electrons. The molecule has 1 N–H and O–H groups in total. The van der Waals surface area contributed by atoms with Crippen LogP contribution in [-0.2, 0) is 10.9 Å². The number of carbonyl (C=O) groups excluding carboxylic acids is 1. The summed E-state index contributed by atoms with van der Waals surface area (Å²) in [5, 5.41) is 0.718. The Kier molecular flexibility index (Phi) is 4.70. The topological polar surface area (TPSA) is 41.6 Å². The van der Waals surface area contributed by atoms with E-state index in [0.29, 0.717) is 18.2 Å². The predicted octanol–water partition coefficient (Wildman–Crippen LogP) is 4.04. The zero-order valence-corrected chi connectivity index (χ0v) is 12.0. The second kappa shape index (κ2) is 5.79. The van der Waals surface area contributed by atoms with Crippen molar-refractivity contribution in [3.05, 3.63) is 29.6 Å².